The molecule has 0 atom stereocenters. The molecule has 2 rings (SSSR count). The molecule has 0 saturated carbocycles. The fourth-order valence-electron chi connectivity index (χ4n) is 1.85. The predicted octanol–water partition coefficient (Wildman–Crippen LogP) is 3.49. The van der Waals surface area contributed by atoms with E-state index < -0.39 is 0 Å². The summed E-state index contributed by atoms with van der Waals surface area (Å²) in [6, 6.07) is 10.9. The molecule has 0 aliphatic carbocycles. The normalized spacial score (nSPS) is 10.2. The molecule has 0 radical (unpaired) electrons. The van der Waals surface area contributed by atoms with Gasteiger partial charge in [0.25, 0.3) is 5.91 Å². The highest BCUT2D eigenvalue weighted by Crippen LogP contribution is 2.12. The number of pyridine rings is 1. The monoisotopic (exact) mass is 303 g/mol. The van der Waals surface area contributed by atoms with E-state index in [1.54, 1.807) is 30.5 Å². The Morgan fingerprint density at radius 1 is 1.24 bits per heavy atom. The lowest BCUT2D eigenvalue weighted by Crippen LogP contribution is -2.24. The van der Waals surface area contributed by atoms with Gasteiger partial charge in [-0.15, -0.1) is 0 Å². The minimum Gasteiger partial charge on any atom is -0.369 e. The molecule has 0 aliphatic heterocycles. The number of hydrogen-bond donors (Lipinski definition) is 2. The van der Waals surface area contributed by atoms with Crippen LogP contribution in [0.5, 0.6) is 0 Å². The molecule has 2 aromatic rings. The van der Waals surface area contributed by atoms with Crippen LogP contribution < -0.4 is 10.6 Å². The largest absolute Gasteiger partial charge is 0.369 e. The van der Waals surface area contributed by atoms with Crippen LogP contribution in [0.3, 0.4) is 0 Å². The van der Waals surface area contributed by atoms with Gasteiger partial charge < -0.3 is 10.6 Å². The fourth-order valence-corrected chi connectivity index (χ4v) is 1.98. The second-order valence-corrected chi connectivity index (χ2v) is 5.07. The van der Waals surface area contributed by atoms with E-state index in [4.69, 9.17) is 11.6 Å². The zero-order valence-electron chi connectivity index (χ0n) is 11.9. The first kappa shape index (κ1) is 15.3. The van der Waals surface area contributed by atoms with Gasteiger partial charge in [-0.2, -0.15) is 0 Å². The van der Waals surface area contributed by atoms with Crippen LogP contribution in [0.4, 0.5) is 5.82 Å². The number of halogens is 1. The third kappa shape index (κ3) is 4.46. The number of aromatic nitrogens is 1. The standard InChI is InChI=1S/C16H18ClN3O/c1-2-9-18-15-14(4-3-10-19-15)16(21)20-11-12-5-7-13(17)8-6-12/h3-8,10H,2,9,11H2,1H3,(H,18,19)(H,20,21). The van der Waals surface area contributed by atoms with Crippen molar-refractivity contribution in [2.45, 2.75) is 19.9 Å². The van der Waals surface area contributed by atoms with Crippen molar-refractivity contribution < 1.29 is 4.79 Å². The first-order valence-corrected chi connectivity index (χ1v) is 7.30. The summed E-state index contributed by atoms with van der Waals surface area (Å²) >= 11 is 5.84. The molecule has 0 aliphatic rings. The van der Waals surface area contributed by atoms with E-state index in [2.05, 4.69) is 22.5 Å². The van der Waals surface area contributed by atoms with Crippen molar-refractivity contribution >= 4 is 23.3 Å². The number of carbonyl (C=O) groups excluding carboxylic acids is 1. The molecule has 110 valence electrons. The molecule has 1 amide bonds. The number of amides is 1. The molecule has 21 heavy (non-hydrogen) atoms. The van der Waals surface area contributed by atoms with Crippen molar-refractivity contribution in [1.82, 2.24) is 10.3 Å². The van der Waals surface area contributed by atoms with Gasteiger partial charge in [0.05, 0.1) is 5.56 Å². The van der Waals surface area contributed by atoms with Gasteiger partial charge in [0.1, 0.15) is 5.82 Å². The van der Waals surface area contributed by atoms with E-state index in [-0.39, 0.29) is 5.91 Å². The summed E-state index contributed by atoms with van der Waals surface area (Å²) in [6.45, 7) is 3.31. The van der Waals surface area contributed by atoms with Gasteiger partial charge in [-0.25, -0.2) is 4.98 Å². The lowest BCUT2D eigenvalue weighted by Gasteiger charge is -2.10. The quantitative estimate of drug-likeness (QED) is 0.859. The molecule has 0 spiro atoms. The second-order valence-electron chi connectivity index (χ2n) is 4.64. The van der Waals surface area contributed by atoms with Gasteiger partial charge in [0, 0.05) is 24.3 Å². The molecule has 0 bridgehead atoms. The Labute approximate surface area is 129 Å². The third-order valence-corrected chi connectivity index (χ3v) is 3.21. The van der Waals surface area contributed by atoms with Crippen LogP contribution in [0.25, 0.3) is 0 Å². The molecule has 0 unspecified atom stereocenters. The molecular weight excluding hydrogens is 286 g/mol. The van der Waals surface area contributed by atoms with Crippen LogP contribution in [-0.4, -0.2) is 17.4 Å². The number of nitrogens with zero attached hydrogens (tertiary/aromatic N) is 1. The second kappa shape index (κ2) is 7.64. The Kier molecular flexibility index (Phi) is 5.58. The average molecular weight is 304 g/mol. The maximum absolute atomic E-state index is 12.3. The Morgan fingerprint density at radius 3 is 2.71 bits per heavy atom. The Balaban J connectivity index is 2.01. The van der Waals surface area contributed by atoms with Crippen molar-refractivity contribution in [2.75, 3.05) is 11.9 Å². The summed E-state index contributed by atoms with van der Waals surface area (Å²) in [5.74, 6) is 0.476. The number of nitrogens with one attached hydrogen (secondary N) is 2. The lowest BCUT2D eigenvalue weighted by molar-refractivity contribution is 0.0951. The van der Waals surface area contributed by atoms with Crippen LogP contribution in [0, 0.1) is 0 Å². The van der Waals surface area contributed by atoms with E-state index >= 15 is 0 Å². The number of rotatable bonds is 6. The van der Waals surface area contributed by atoms with Crippen LogP contribution in [-0.2, 0) is 6.54 Å². The molecular formula is C16H18ClN3O. The first-order chi connectivity index (χ1) is 10.2. The Bertz CT molecular complexity index is 599. The zero-order valence-corrected chi connectivity index (χ0v) is 12.7. The number of hydrogen-bond acceptors (Lipinski definition) is 3. The summed E-state index contributed by atoms with van der Waals surface area (Å²) in [6.07, 6.45) is 2.65. The summed E-state index contributed by atoms with van der Waals surface area (Å²) in [5, 5.41) is 6.73. The minimum absolute atomic E-state index is 0.142. The van der Waals surface area contributed by atoms with Gasteiger partial charge >= 0.3 is 0 Å². The summed E-state index contributed by atoms with van der Waals surface area (Å²) in [4.78, 5) is 16.5. The highest BCUT2D eigenvalue weighted by Gasteiger charge is 2.11. The maximum Gasteiger partial charge on any atom is 0.255 e. The molecule has 1 heterocycles. The summed E-state index contributed by atoms with van der Waals surface area (Å²) in [7, 11) is 0. The van der Waals surface area contributed by atoms with Crippen LogP contribution in [0.1, 0.15) is 29.3 Å². The third-order valence-electron chi connectivity index (χ3n) is 2.96. The molecule has 1 aromatic heterocycles. The lowest BCUT2D eigenvalue weighted by atomic mass is 10.2. The van der Waals surface area contributed by atoms with Gasteiger partial charge in [0.15, 0.2) is 0 Å². The Morgan fingerprint density at radius 2 is 2.00 bits per heavy atom. The summed E-state index contributed by atoms with van der Waals surface area (Å²) < 4.78 is 0. The van der Waals surface area contributed by atoms with Crippen LogP contribution in [0.2, 0.25) is 5.02 Å². The van der Waals surface area contributed by atoms with Gasteiger partial charge in [-0.05, 0) is 36.2 Å². The summed E-state index contributed by atoms with van der Waals surface area (Å²) in [5.41, 5.74) is 1.56. The SMILES string of the molecule is CCCNc1ncccc1C(=O)NCc1ccc(Cl)cc1. The molecule has 5 heteroatoms. The Hall–Kier alpha value is -2.07. The molecule has 4 nitrogen and oxygen atoms in total. The number of carbonyl (C=O) groups is 1. The van der Waals surface area contributed by atoms with E-state index in [1.807, 2.05) is 12.1 Å². The van der Waals surface area contributed by atoms with Crippen LogP contribution in [0.15, 0.2) is 42.6 Å². The van der Waals surface area contributed by atoms with Crippen molar-refractivity contribution in [3.05, 3.63) is 58.7 Å². The minimum atomic E-state index is -0.142. The van der Waals surface area contributed by atoms with E-state index in [0.717, 1.165) is 18.5 Å². The van der Waals surface area contributed by atoms with Crippen molar-refractivity contribution in [2.24, 2.45) is 0 Å². The fraction of sp³-hybridized carbons (Fsp3) is 0.250. The van der Waals surface area contributed by atoms with Crippen LogP contribution >= 0.6 is 11.6 Å². The van der Waals surface area contributed by atoms with Crippen molar-refractivity contribution in [1.29, 1.82) is 0 Å². The average Bonchev–Trinajstić information content (AvgIpc) is 2.52. The van der Waals surface area contributed by atoms with E-state index in [0.29, 0.717) is 22.9 Å². The molecule has 1 aromatic carbocycles. The maximum atomic E-state index is 12.3. The molecule has 0 fully saturated rings. The van der Waals surface area contributed by atoms with E-state index in [1.165, 1.54) is 0 Å². The van der Waals surface area contributed by atoms with Crippen molar-refractivity contribution in [3.8, 4) is 0 Å². The molecule has 2 N–H and O–H groups in total. The van der Waals surface area contributed by atoms with Gasteiger partial charge in [0.2, 0.25) is 0 Å². The van der Waals surface area contributed by atoms with Crippen molar-refractivity contribution in [3.63, 3.8) is 0 Å². The molecule has 0 saturated heterocycles. The smallest absolute Gasteiger partial charge is 0.255 e. The number of benzene rings is 1. The number of anilines is 1. The topological polar surface area (TPSA) is 54.0 Å². The van der Waals surface area contributed by atoms with Gasteiger partial charge in [-0.3, -0.25) is 4.79 Å². The predicted molar refractivity (Wildman–Crippen MR) is 85.6 cm³/mol. The highest BCUT2D eigenvalue weighted by molar-refractivity contribution is 6.30. The first-order valence-electron chi connectivity index (χ1n) is 6.92. The zero-order chi connectivity index (χ0) is 15.1. The van der Waals surface area contributed by atoms with Gasteiger partial charge in [-0.1, -0.05) is 30.7 Å². The highest BCUT2D eigenvalue weighted by atomic mass is 35.5. The van der Waals surface area contributed by atoms with E-state index in [9.17, 15) is 4.79 Å².